The molecule has 28 heteroatoms. The maximum atomic E-state index is 14.0. The second-order valence-corrected chi connectivity index (χ2v) is 26.7. The number of carbonyl (C=O) groups is 6. The number of fused-ring (bicyclic) bond motifs is 3. The predicted molar refractivity (Wildman–Crippen MR) is 430 cm³/mol. The summed E-state index contributed by atoms with van der Waals surface area (Å²) in [5.74, 6) is -0.309. The Kier molecular flexibility index (Phi) is 28.7. The second kappa shape index (κ2) is 39.4. The summed E-state index contributed by atoms with van der Waals surface area (Å²) < 4.78 is 57.9. The molecule has 0 fully saturated rings. The second-order valence-electron chi connectivity index (χ2n) is 25.7. The van der Waals surface area contributed by atoms with Gasteiger partial charge in [-0.1, -0.05) is 36.4 Å². The van der Waals surface area contributed by atoms with Gasteiger partial charge < -0.3 is 69.2 Å². The molecule has 26 nitrogen and oxygen atoms in total. The standard InChI is InChI=1S/C30H31N3O6.C29H29N3O6.C27H24FN3O5S/c1-18-22(11-20-12-26(37-2)21(5-6-30(35)36)27(13-20)38-3)25-17-33-29(39-4)15-24(25)23(18)14-28(34)32-16-19-7-9-31-10-8-19;1-17-21(13-27(33)31-15-19-7-5-6-8-30-19)23-12-20(36-2)16-32-29(23)22(17)9-18-10-25(37-3)24(14-28(34)35)26(11-18)38-4;1-35-21-11-17(12-22(36-2)27(21)37-15-25(33)34)10-19-18-8-9-23(28)31-26(18)20(30-19)13-24(32)29-14-16-6-4-3-5-7-16/h7-13,15,17H,5-6,14,16H2,1-4H3,(H,32,34)(H,35,36);5-12,16H,13-15H2,1-4H3,(H,31,33)(H,34,35);3-12H,13-15H2,1-2H3,(H,29,32)(H,33,34)/b22-11-;22-9-;19-10+. The molecule has 114 heavy (non-hydrogen) atoms. The van der Waals surface area contributed by atoms with E-state index in [-0.39, 0.29) is 62.0 Å². The van der Waals surface area contributed by atoms with Crippen LogP contribution in [0.15, 0.2) is 173 Å². The minimum atomic E-state index is -0.986. The lowest BCUT2D eigenvalue weighted by atomic mass is 9.99. The van der Waals surface area contributed by atoms with E-state index in [1.807, 2.05) is 111 Å². The lowest BCUT2D eigenvalue weighted by Crippen LogP contribution is -2.25. The van der Waals surface area contributed by atoms with E-state index >= 15 is 0 Å². The number of aliphatic carboxylic acids is 3. The number of methoxy groups -OCH3 is 8. The van der Waals surface area contributed by atoms with Crippen molar-refractivity contribution in [1.82, 2.24) is 40.9 Å². The Hall–Kier alpha value is -13.5. The quantitative estimate of drug-likeness (QED) is 0.0174. The average Bonchev–Trinajstić information content (AvgIpc) is 1.62. The van der Waals surface area contributed by atoms with E-state index in [0.29, 0.717) is 110 Å². The number of hydrogen-bond donors (Lipinski definition) is 6. The molecule has 1 aliphatic heterocycles. The minimum Gasteiger partial charge on any atom is -0.496 e. The van der Waals surface area contributed by atoms with Crippen LogP contribution in [0.3, 0.4) is 0 Å². The van der Waals surface area contributed by atoms with Crippen LogP contribution < -0.4 is 53.8 Å². The maximum absolute atomic E-state index is 14.0. The van der Waals surface area contributed by atoms with Crippen LogP contribution in [0, 0.1) is 5.95 Å². The van der Waals surface area contributed by atoms with E-state index in [1.54, 1.807) is 95.8 Å². The average molecular weight is 1570 g/mol. The number of carboxylic acid groups (broad SMARTS) is 3. The van der Waals surface area contributed by atoms with Crippen molar-refractivity contribution < 1.29 is 86.4 Å². The third kappa shape index (κ3) is 21.1. The molecular weight excluding hydrogens is 1480 g/mol. The van der Waals surface area contributed by atoms with Crippen LogP contribution in [0.4, 0.5) is 4.39 Å². The van der Waals surface area contributed by atoms with Gasteiger partial charge in [-0.2, -0.15) is 4.39 Å². The van der Waals surface area contributed by atoms with Gasteiger partial charge in [-0.25, -0.2) is 15.0 Å². The van der Waals surface area contributed by atoms with E-state index in [0.717, 1.165) is 95.5 Å². The van der Waals surface area contributed by atoms with Crippen LogP contribution in [0.5, 0.6) is 46.1 Å². The summed E-state index contributed by atoms with van der Waals surface area (Å²) in [7, 11) is 12.2. The van der Waals surface area contributed by atoms with Crippen molar-refractivity contribution in [3.8, 4) is 46.1 Å². The van der Waals surface area contributed by atoms with Gasteiger partial charge in [0, 0.05) is 83.8 Å². The third-order valence-electron chi connectivity index (χ3n) is 18.5. The number of nitrogens with zero attached hydrogens (tertiary/aromatic N) is 6. The Labute approximate surface area is 661 Å². The summed E-state index contributed by atoms with van der Waals surface area (Å²) in [6, 6.07) is 36.1. The normalized spacial score (nSPS) is 13.3. The number of aliphatic imine (C=N–C) groups is 1. The number of nitrogens with one attached hydrogen (secondary N) is 3. The Morgan fingerprint density at radius 3 is 1.60 bits per heavy atom. The number of amides is 3. The van der Waals surface area contributed by atoms with Gasteiger partial charge in [0.05, 0.1) is 134 Å². The van der Waals surface area contributed by atoms with Crippen LogP contribution in [0.1, 0.15) is 118 Å². The fourth-order valence-corrected chi connectivity index (χ4v) is 13.7. The summed E-state index contributed by atoms with van der Waals surface area (Å²) in [5.41, 5.74) is 16.5. The monoisotopic (exact) mass is 1570 g/mol. The number of allylic oxidation sites excluding steroid dienone is 4. The van der Waals surface area contributed by atoms with Crippen LogP contribution in [0.25, 0.3) is 46.2 Å². The number of ether oxygens (including phenoxy) is 8. The first kappa shape index (κ1) is 83.0. The molecule has 9 aromatic rings. The predicted octanol–water partition coefficient (Wildman–Crippen LogP) is 13.1. The first-order chi connectivity index (χ1) is 55.0. The molecule has 0 unspecified atom stereocenters. The van der Waals surface area contributed by atoms with Crippen molar-refractivity contribution in [2.45, 2.75) is 76.9 Å². The van der Waals surface area contributed by atoms with E-state index in [4.69, 9.17) is 48.1 Å². The largest absolute Gasteiger partial charge is 0.496 e. The van der Waals surface area contributed by atoms with Crippen molar-refractivity contribution in [1.29, 1.82) is 0 Å². The van der Waals surface area contributed by atoms with Crippen molar-refractivity contribution >= 4 is 99.3 Å². The Balaban J connectivity index is 0.000000181. The molecule has 2 aliphatic carbocycles. The topological polar surface area (TPSA) is 350 Å². The van der Waals surface area contributed by atoms with Gasteiger partial charge in [0.1, 0.15) is 40.2 Å². The molecule has 0 spiro atoms. The van der Waals surface area contributed by atoms with Crippen molar-refractivity contribution in [2.24, 2.45) is 4.99 Å². The Morgan fingerprint density at radius 2 is 1.03 bits per heavy atom. The van der Waals surface area contributed by atoms with Crippen LogP contribution in [0.2, 0.25) is 0 Å². The summed E-state index contributed by atoms with van der Waals surface area (Å²) in [6.45, 7) is 5.05. The van der Waals surface area contributed by atoms with Gasteiger partial charge in [-0.3, -0.25) is 43.7 Å². The molecule has 0 bridgehead atoms. The highest BCUT2D eigenvalue weighted by Crippen LogP contribution is 2.48. The highest BCUT2D eigenvalue weighted by Gasteiger charge is 2.31. The fraction of sp³-hybridized carbons (Fsp3) is 0.233. The molecule has 0 saturated heterocycles. The number of thioether (sulfide) groups is 1. The molecule has 0 saturated carbocycles. The van der Waals surface area contributed by atoms with Crippen molar-refractivity contribution in [3.05, 3.63) is 248 Å². The molecular formula is C86H84FN9O17S. The molecule has 12 rings (SSSR count). The Bertz CT molecular complexity index is 5230. The zero-order valence-electron chi connectivity index (χ0n) is 64.3. The summed E-state index contributed by atoms with van der Waals surface area (Å²) in [4.78, 5) is 98.5. The highest BCUT2D eigenvalue weighted by molar-refractivity contribution is 8.00. The number of aromatic nitrogens is 5. The molecule has 6 N–H and O–H groups in total. The number of carbonyl (C=O) groups excluding carboxylic acids is 3. The molecule has 4 aromatic carbocycles. The molecule has 0 radical (unpaired) electrons. The lowest BCUT2D eigenvalue weighted by Gasteiger charge is -2.14. The SMILES string of the molecule is COc1cc(/C=C2/N=C(CC(=O)NCc3ccccc3)c3nc(F)ccc32)cc(OC)c1SCC(=O)O.COc1cc2c(cn1)/C(=C\c1cc(OC)c(CCC(=O)O)c(OC)c1)C(C)=C2CC(=O)NCc1ccncc1.COc1cnc2c(c1)C(CC(=O)NCc1ccccn1)=C(C)/C2=C/c1cc(OC)c(CC(=O)O)c(OC)c1. The highest BCUT2D eigenvalue weighted by atomic mass is 32.2. The zero-order chi connectivity index (χ0) is 81.5. The minimum absolute atomic E-state index is 0.0392. The third-order valence-corrected chi connectivity index (χ3v) is 19.5. The molecule has 0 atom stereocenters. The van der Waals surface area contributed by atoms with Gasteiger partial charge in [0.2, 0.25) is 29.5 Å². The summed E-state index contributed by atoms with van der Waals surface area (Å²) in [6.07, 6.45) is 14.4. The van der Waals surface area contributed by atoms with Crippen molar-refractivity contribution in [2.75, 3.05) is 62.6 Å². The van der Waals surface area contributed by atoms with Crippen LogP contribution in [-0.4, -0.2) is 144 Å². The first-order valence-electron chi connectivity index (χ1n) is 35.6. The molecule has 6 heterocycles. The number of halogens is 1. The van der Waals surface area contributed by atoms with Gasteiger partial charge >= 0.3 is 17.9 Å². The van der Waals surface area contributed by atoms with Gasteiger partial charge in [0.25, 0.3) is 0 Å². The smallest absolute Gasteiger partial charge is 0.313 e. The molecule has 3 aliphatic rings. The molecule has 588 valence electrons. The van der Waals surface area contributed by atoms with Gasteiger partial charge in [-0.05, 0) is 179 Å². The number of rotatable bonds is 31. The van der Waals surface area contributed by atoms with E-state index in [1.165, 1.54) is 34.5 Å². The molecule has 5 aromatic heterocycles. The molecule has 3 amide bonds. The Morgan fingerprint density at radius 1 is 0.474 bits per heavy atom. The van der Waals surface area contributed by atoms with Gasteiger partial charge in [0.15, 0.2) is 0 Å². The van der Waals surface area contributed by atoms with E-state index < -0.39 is 23.9 Å². The number of carboxylic acids is 3. The summed E-state index contributed by atoms with van der Waals surface area (Å²) in [5, 5.41) is 36.3. The zero-order valence-corrected chi connectivity index (χ0v) is 65.1. The number of pyridine rings is 5. The number of benzene rings is 4. The van der Waals surface area contributed by atoms with Gasteiger partial charge in [-0.15, -0.1) is 11.8 Å². The lowest BCUT2D eigenvalue weighted by molar-refractivity contribution is -0.137. The van der Waals surface area contributed by atoms with Crippen molar-refractivity contribution in [3.63, 3.8) is 0 Å². The fourth-order valence-electron chi connectivity index (χ4n) is 12.9. The van der Waals surface area contributed by atoms with Crippen LogP contribution >= 0.6 is 11.8 Å². The first-order valence-corrected chi connectivity index (χ1v) is 36.6. The summed E-state index contributed by atoms with van der Waals surface area (Å²) >= 11 is 1.09. The maximum Gasteiger partial charge on any atom is 0.313 e. The van der Waals surface area contributed by atoms with E-state index in [9.17, 15) is 38.3 Å². The number of hydrogen-bond acceptors (Lipinski definition) is 21. The van der Waals surface area contributed by atoms with E-state index in [2.05, 4.69) is 45.9 Å². The van der Waals surface area contributed by atoms with Crippen LogP contribution in [-0.2, 0) is 61.2 Å².